The molecule has 2 rings (SSSR count). The number of pyridine rings is 1. The predicted molar refractivity (Wildman–Crippen MR) is 118 cm³/mol. The molecular weight excluding hydrogens is 552 g/mol. The van der Waals surface area contributed by atoms with E-state index in [1.807, 2.05) is 4.72 Å². The number of hydrogen-bond acceptors (Lipinski definition) is 12. The number of hydrogen-bond donors (Lipinski definition) is 3. The first-order chi connectivity index (χ1) is 16.4. The van der Waals surface area contributed by atoms with Gasteiger partial charge in [-0.15, -0.1) is 5.11 Å². The third kappa shape index (κ3) is 11.1. The Kier molecular flexibility index (Phi) is 14.6. The first-order valence-corrected chi connectivity index (χ1v) is 12.4. The molecule has 2 aromatic rings. The van der Waals surface area contributed by atoms with Gasteiger partial charge >= 0.3 is 59.1 Å². The number of benzene rings is 1. The summed E-state index contributed by atoms with van der Waals surface area (Å²) in [7, 11) is -8.86. The summed E-state index contributed by atoms with van der Waals surface area (Å²) in [6.07, 6.45) is 0.629. The zero-order valence-corrected chi connectivity index (χ0v) is 25.5. The van der Waals surface area contributed by atoms with Gasteiger partial charge < -0.3 is 19.7 Å². The van der Waals surface area contributed by atoms with E-state index in [4.69, 9.17) is 16.7 Å². The van der Waals surface area contributed by atoms with Gasteiger partial charge in [0.15, 0.2) is 12.2 Å². The largest absolute Gasteiger partial charge is 1.00 e. The fourth-order valence-corrected chi connectivity index (χ4v) is 3.97. The molecular formula is C18H17N7Na2O8S2. The van der Waals surface area contributed by atoms with Crippen LogP contribution in [0.15, 0.2) is 39.4 Å². The maximum absolute atomic E-state index is 12.3. The molecule has 0 atom stereocenters. The molecule has 1 aromatic carbocycles. The number of nitrogens with one attached hydrogen (secondary N) is 3. The van der Waals surface area contributed by atoms with Crippen LogP contribution in [0.1, 0.15) is 12.5 Å². The Morgan fingerprint density at radius 2 is 1.92 bits per heavy atom. The number of ether oxygens (including phenoxy) is 1. The average Bonchev–Trinajstić information content (AvgIpc) is 2.76. The molecule has 0 aliphatic heterocycles. The molecule has 0 bridgehead atoms. The molecule has 0 saturated heterocycles. The molecule has 1 amide bonds. The minimum atomic E-state index is -4.63. The van der Waals surface area contributed by atoms with Gasteiger partial charge in [-0.05, 0) is 18.2 Å². The Balaban J connectivity index is 0.00000648. The average molecular weight is 569 g/mol. The molecule has 0 radical (unpaired) electrons. The first kappa shape index (κ1) is 35.0. The molecule has 0 aliphatic rings. The zero-order chi connectivity index (χ0) is 26.2. The van der Waals surface area contributed by atoms with Crippen molar-refractivity contribution in [2.75, 3.05) is 17.6 Å². The van der Waals surface area contributed by atoms with Gasteiger partial charge in [0.05, 0.1) is 33.0 Å². The van der Waals surface area contributed by atoms with Crippen molar-refractivity contribution in [2.45, 2.75) is 18.4 Å². The summed E-state index contributed by atoms with van der Waals surface area (Å²) < 4.78 is 63.3. The van der Waals surface area contributed by atoms with Crippen LogP contribution in [-0.4, -0.2) is 51.0 Å². The van der Waals surface area contributed by atoms with E-state index in [9.17, 15) is 31.3 Å². The Labute approximate surface area is 256 Å². The molecule has 1 heterocycles. The Bertz CT molecular complexity index is 1430. The van der Waals surface area contributed by atoms with Crippen molar-refractivity contribution in [3.63, 3.8) is 0 Å². The topological polar surface area (TPSA) is 231 Å². The molecule has 186 valence electrons. The monoisotopic (exact) mass is 569 g/mol. The van der Waals surface area contributed by atoms with Gasteiger partial charge in [0.1, 0.15) is 12.4 Å². The van der Waals surface area contributed by atoms with E-state index in [0.29, 0.717) is 6.40 Å². The van der Waals surface area contributed by atoms with Gasteiger partial charge in [0.25, 0.3) is 0 Å². The van der Waals surface area contributed by atoms with Crippen LogP contribution in [0.3, 0.4) is 0 Å². The zero-order valence-electron chi connectivity index (χ0n) is 19.9. The number of rotatable bonds is 11. The van der Waals surface area contributed by atoms with Crippen molar-refractivity contribution in [2.24, 2.45) is 10.2 Å². The summed E-state index contributed by atoms with van der Waals surface area (Å²) >= 11 is 0. The van der Waals surface area contributed by atoms with Crippen molar-refractivity contribution >= 4 is 55.5 Å². The van der Waals surface area contributed by atoms with Gasteiger partial charge in [0.2, 0.25) is 21.6 Å². The van der Waals surface area contributed by atoms with Crippen LogP contribution in [0.4, 0.5) is 23.0 Å². The van der Waals surface area contributed by atoms with E-state index in [1.54, 1.807) is 0 Å². The van der Waals surface area contributed by atoms with E-state index < -0.39 is 44.1 Å². The maximum atomic E-state index is 12.3. The Hall–Kier alpha value is -1.98. The van der Waals surface area contributed by atoms with Crippen LogP contribution in [-0.2, 0) is 36.3 Å². The third-order valence-corrected chi connectivity index (χ3v) is 6.10. The standard InChI is InChI=1S/C18H19N7O8S2.2Na/c1-11(26)22-18-16(27)7-12(9-33-10-19)17(23-18)25-24-14-4-3-13(8-15(14)20-2)35(31,32)21-5-6-34(28,29)30;;/h3-4,7-8,10,19,21,27H,5-6,9H2,1H3,(H,22,23,26)(H,28,29,30);;/q;2*+1/p-2. The fraction of sp³-hybridized carbons (Fsp3) is 0.222. The number of carbonyl (C=O) groups is 1. The van der Waals surface area contributed by atoms with Crippen LogP contribution in [0.5, 0.6) is 5.75 Å². The number of anilines is 1. The molecule has 0 saturated carbocycles. The van der Waals surface area contributed by atoms with Crippen LogP contribution in [0.25, 0.3) is 4.85 Å². The van der Waals surface area contributed by atoms with E-state index in [2.05, 4.69) is 25.4 Å². The normalized spacial score (nSPS) is 11.1. The number of azo groups is 1. The van der Waals surface area contributed by atoms with Crippen molar-refractivity contribution in [1.82, 2.24) is 9.71 Å². The van der Waals surface area contributed by atoms with Gasteiger partial charge in [-0.2, -0.15) is 5.11 Å². The van der Waals surface area contributed by atoms with E-state index in [1.165, 1.54) is 6.92 Å². The molecule has 37 heavy (non-hydrogen) atoms. The number of sulfonamides is 1. The maximum Gasteiger partial charge on any atom is 1.00 e. The van der Waals surface area contributed by atoms with Gasteiger partial charge in [-0.25, -0.2) is 31.4 Å². The third-order valence-electron chi connectivity index (χ3n) is 3.93. The number of amides is 1. The van der Waals surface area contributed by atoms with Crippen LogP contribution in [0.2, 0.25) is 0 Å². The van der Waals surface area contributed by atoms with Crippen molar-refractivity contribution < 1.29 is 95.1 Å². The van der Waals surface area contributed by atoms with Crippen LogP contribution >= 0.6 is 0 Å². The summed E-state index contributed by atoms with van der Waals surface area (Å²) in [5.74, 6) is -2.65. The summed E-state index contributed by atoms with van der Waals surface area (Å²) in [5, 5.41) is 29.0. The first-order valence-electron chi connectivity index (χ1n) is 9.32. The Morgan fingerprint density at radius 3 is 2.49 bits per heavy atom. The van der Waals surface area contributed by atoms with Gasteiger partial charge in [-0.1, -0.05) is 11.8 Å². The second-order valence-electron chi connectivity index (χ2n) is 6.55. The van der Waals surface area contributed by atoms with Crippen molar-refractivity contribution in [3.8, 4) is 5.75 Å². The summed E-state index contributed by atoms with van der Waals surface area (Å²) in [6, 6.07) is 4.27. The molecule has 0 spiro atoms. The summed E-state index contributed by atoms with van der Waals surface area (Å²) in [6.45, 7) is 7.55. The minimum Gasteiger partial charge on any atom is -0.870 e. The van der Waals surface area contributed by atoms with Gasteiger partial charge in [0, 0.05) is 19.0 Å². The SMILES string of the molecule is [C-]#[N+]c1cc(S(=O)(=O)NCCS(=O)(=O)[O-])ccc1N=Nc1nc(NC(C)=O)c([O-])cc1COC=N.[Na+].[Na+]. The van der Waals surface area contributed by atoms with E-state index in [0.717, 1.165) is 24.3 Å². The smallest absolute Gasteiger partial charge is 0.870 e. The second-order valence-corrected chi connectivity index (χ2v) is 9.84. The van der Waals surface area contributed by atoms with Crippen LogP contribution in [0, 0.1) is 12.0 Å². The van der Waals surface area contributed by atoms with Crippen molar-refractivity contribution in [3.05, 3.63) is 41.2 Å². The molecule has 0 unspecified atom stereocenters. The molecule has 0 aliphatic carbocycles. The summed E-state index contributed by atoms with van der Waals surface area (Å²) in [4.78, 5) is 18.0. The van der Waals surface area contributed by atoms with E-state index >= 15 is 0 Å². The predicted octanol–water partition coefficient (Wildman–Crippen LogP) is -4.97. The quantitative estimate of drug-likeness (QED) is 0.0587. The molecule has 0 fully saturated rings. The molecule has 15 nitrogen and oxygen atoms in total. The van der Waals surface area contributed by atoms with E-state index in [-0.39, 0.29) is 99.2 Å². The fourth-order valence-electron chi connectivity index (χ4n) is 2.43. The van der Waals surface area contributed by atoms with Crippen molar-refractivity contribution in [1.29, 1.82) is 5.41 Å². The molecule has 19 heteroatoms. The number of aromatic nitrogens is 1. The summed E-state index contributed by atoms with van der Waals surface area (Å²) in [5.41, 5.74) is -0.195. The second kappa shape index (κ2) is 15.4. The molecule has 3 N–H and O–H groups in total. The molecule has 1 aromatic heterocycles. The minimum absolute atomic E-state index is 0. The number of carbonyl (C=O) groups excluding carboxylic acids is 1. The van der Waals surface area contributed by atoms with Gasteiger partial charge in [-0.3, -0.25) is 10.2 Å². The Morgan fingerprint density at radius 1 is 1.24 bits per heavy atom. The number of nitrogens with zero attached hydrogens (tertiary/aromatic N) is 4. The van der Waals surface area contributed by atoms with Crippen LogP contribution < -0.4 is 74.3 Å².